The molecule has 0 aromatic rings. The number of urea groups is 1. The number of rotatable bonds is 2. The maximum Gasteiger partial charge on any atom is 0.321 e. The van der Waals surface area contributed by atoms with E-state index in [1.165, 1.54) is 7.05 Å². The van der Waals surface area contributed by atoms with Crippen LogP contribution in [0.25, 0.3) is 0 Å². The summed E-state index contributed by atoms with van der Waals surface area (Å²) in [5.74, 6) is -0.258. The Labute approximate surface area is 107 Å². The molecule has 16 heavy (non-hydrogen) atoms. The molecule has 0 atom stereocenters. The van der Waals surface area contributed by atoms with Gasteiger partial charge in [0.2, 0.25) is 5.91 Å². The third-order valence-corrected chi connectivity index (χ3v) is 2.06. The first-order chi connectivity index (χ1) is 6.72. The van der Waals surface area contributed by atoms with Crippen molar-refractivity contribution in [2.45, 2.75) is 0 Å². The van der Waals surface area contributed by atoms with Crippen LogP contribution in [0.3, 0.4) is 0 Å². The van der Waals surface area contributed by atoms with Crippen LogP contribution < -0.4 is 16.0 Å². The van der Waals surface area contributed by atoms with E-state index in [4.69, 9.17) is 0 Å². The van der Waals surface area contributed by atoms with Gasteiger partial charge in [0.25, 0.3) is 0 Å². The highest BCUT2D eigenvalue weighted by Gasteiger charge is 2.14. The Balaban J connectivity index is 0. The number of halogens is 2. The van der Waals surface area contributed by atoms with Crippen LogP contribution in [0, 0.1) is 0 Å². The predicted molar refractivity (Wildman–Crippen MR) is 66.4 cm³/mol. The summed E-state index contributed by atoms with van der Waals surface area (Å²) in [6.45, 7) is 3.78. The van der Waals surface area contributed by atoms with Crippen LogP contribution in [-0.2, 0) is 4.79 Å². The number of nitrogens with zero attached hydrogens (tertiary/aromatic N) is 1. The van der Waals surface area contributed by atoms with Gasteiger partial charge in [-0.1, -0.05) is 0 Å². The lowest BCUT2D eigenvalue weighted by Crippen LogP contribution is -2.49. The smallest absolute Gasteiger partial charge is 0.321 e. The monoisotopic (exact) mass is 272 g/mol. The number of nitrogens with one attached hydrogen (secondary N) is 3. The van der Waals surface area contributed by atoms with Gasteiger partial charge in [-0.25, -0.2) is 4.79 Å². The van der Waals surface area contributed by atoms with E-state index in [0.29, 0.717) is 0 Å². The molecule has 1 saturated heterocycles. The van der Waals surface area contributed by atoms with Crippen molar-refractivity contribution < 1.29 is 9.59 Å². The van der Waals surface area contributed by atoms with Crippen LogP contribution in [0.2, 0.25) is 0 Å². The minimum Gasteiger partial charge on any atom is -0.341 e. The molecule has 6 nitrogen and oxygen atoms in total. The molecule has 0 aliphatic carbocycles. The maximum absolute atomic E-state index is 11.2. The number of carbonyl (C=O) groups excluding carboxylic acids is 2. The first-order valence-electron chi connectivity index (χ1n) is 4.67. The van der Waals surface area contributed by atoms with E-state index in [0.717, 1.165) is 26.2 Å². The Kier molecular flexibility index (Phi) is 10.8. The number of hydrogen-bond acceptors (Lipinski definition) is 4. The second-order valence-corrected chi connectivity index (χ2v) is 3.15. The summed E-state index contributed by atoms with van der Waals surface area (Å²) >= 11 is 0. The second-order valence-electron chi connectivity index (χ2n) is 3.15. The summed E-state index contributed by atoms with van der Waals surface area (Å²) in [7, 11) is 1.48. The molecule has 0 radical (unpaired) electrons. The normalized spacial score (nSPS) is 15.3. The summed E-state index contributed by atoms with van der Waals surface area (Å²) in [6.07, 6.45) is 0. The highest BCUT2D eigenvalue weighted by molar-refractivity contribution is 5.95. The van der Waals surface area contributed by atoms with Crippen LogP contribution >= 0.6 is 24.8 Å². The lowest BCUT2D eigenvalue weighted by atomic mass is 10.3. The fourth-order valence-electron chi connectivity index (χ4n) is 1.30. The van der Waals surface area contributed by atoms with Crippen molar-refractivity contribution in [2.75, 3.05) is 39.8 Å². The molecule has 1 heterocycles. The Morgan fingerprint density at radius 1 is 1.25 bits per heavy atom. The highest BCUT2D eigenvalue weighted by atomic mass is 35.5. The molecule has 0 aromatic heterocycles. The number of hydrogen-bond donors (Lipinski definition) is 3. The van der Waals surface area contributed by atoms with Gasteiger partial charge in [-0.15, -0.1) is 24.8 Å². The molecule has 1 aliphatic rings. The predicted octanol–water partition coefficient (Wildman–Crippen LogP) is -0.809. The number of carbonyl (C=O) groups is 2. The van der Waals surface area contributed by atoms with E-state index in [9.17, 15) is 9.59 Å². The molecule has 0 bridgehead atoms. The summed E-state index contributed by atoms with van der Waals surface area (Å²) in [5, 5.41) is 7.74. The highest BCUT2D eigenvalue weighted by Crippen LogP contribution is 1.90. The molecule has 1 aliphatic heterocycles. The van der Waals surface area contributed by atoms with Crippen molar-refractivity contribution in [3.05, 3.63) is 0 Å². The van der Waals surface area contributed by atoms with Crippen LogP contribution in [0.15, 0.2) is 0 Å². The standard InChI is InChI=1S/C8H16N4O2.2ClH/c1-9-8(14)11-7(13)6-12-4-2-10-3-5-12;;/h10H,2-6H2,1H3,(H2,9,11,13,14);2*1H. The van der Waals surface area contributed by atoms with Gasteiger partial charge in [0, 0.05) is 33.2 Å². The van der Waals surface area contributed by atoms with Gasteiger partial charge in [0.15, 0.2) is 0 Å². The fraction of sp³-hybridized carbons (Fsp3) is 0.750. The quantitative estimate of drug-likeness (QED) is 0.615. The molecule has 1 rings (SSSR count). The SMILES string of the molecule is CNC(=O)NC(=O)CN1CCNCC1.Cl.Cl. The van der Waals surface area contributed by atoms with Crippen molar-refractivity contribution in [1.82, 2.24) is 20.9 Å². The molecule has 96 valence electrons. The first kappa shape index (κ1) is 17.8. The van der Waals surface area contributed by atoms with E-state index < -0.39 is 6.03 Å². The van der Waals surface area contributed by atoms with E-state index in [1.54, 1.807) is 0 Å². The molecule has 8 heteroatoms. The number of imide groups is 1. The summed E-state index contributed by atoms with van der Waals surface area (Å²) in [4.78, 5) is 24.0. The van der Waals surface area contributed by atoms with Crippen LogP contribution in [0.4, 0.5) is 4.79 Å². The van der Waals surface area contributed by atoms with Gasteiger partial charge in [-0.2, -0.15) is 0 Å². The molecule has 3 N–H and O–H groups in total. The first-order valence-corrected chi connectivity index (χ1v) is 4.67. The van der Waals surface area contributed by atoms with E-state index in [1.807, 2.05) is 4.90 Å². The Hall–Kier alpha value is -0.560. The summed E-state index contributed by atoms with van der Waals surface area (Å²) < 4.78 is 0. The van der Waals surface area contributed by atoms with Gasteiger partial charge < -0.3 is 10.6 Å². The largest absolute Gasteiger partial charge is 0.341 e. The minimum absolute atomic E-state index is 0. The van der Waals surface area contributed by atoms with Crippen LogP contribution in [0.5, 0.6) is 0 Å². The molecular weight excluding hydrogens is 255 g/mol. The zero-order chi connectivity index (χ0) is 10.4. The molecule has 0 unspecified atom stereocenters. The van der Waals surface area contributed by atoms with E-state index >= 15 is 0 Å². The zero-order valence-electron chi connectivity index (χ0n) is 9.12. The number of amides is 3. The van der Waals surface area contributed by atoms with Gasteiger partial charge in [-0.3, -0.25) is 15.0 Å². The molecule has 0 aromatic carbocycles. The Bertz CT molecular complexity index is 222. The number of piperazine rings is 1. The van der Waals surface area contributed by atoms with Gasteiger partial charge >= 0.3 is 6.03 Å². The Morgan fingerprint density at radius 3 is 2.31 bits per heavy atom. The van der Waals surface area contributed by atoms with Crippen molar-refractivity contribution in [2.24, 2.45) is 0 Å². The van der Waals surface area contributed by atoms with Crippen molar-refractivity contribution in [1.29, 1.82) is 0 Å². The van der Waals surface area contributed by atoms with E-state index in [2.05, 4.69) is 16.0 Å². The molecule has 1 fully saturated rings. The summed E-state index contributed by atoms with van der Waals surface area (Å²) in [5.41, 5.74) is 0. The third-order valence-electron chi connectivity index (χ3n) is 2.06. The topological polar surface area (TPSA) is 73.5 Å². The second kappa shape index (κ2) is 9.65. The van der Waals surface area contributed by atoms with Crippen molar-refractivity contribution in [3.63, 3.8) is 0 Å². The molecule has 0 saturated carbocycles. The van der Waals surface area contributed by atoms with E-state index in [-0.39, 0.29) is 37.3 Å². The molecular formula is C8H18Cl2N4O2. The third kappa shape index (κ3) is 6.84. The Morgan fingerprint density at radius 2 is 1.81 bits per heavy atom. The average Bonchev–Trinajstić information content (AvgIpc) is 2.19. The summed E-state index contributed by atoms with van der Waals surface area (Å²) in [6, 6.07) is -0.454. The van der Waals surface area contributed by atoms with Crippen LogP contribution in [0.1, 0.15) is 0 Å². The van der Waals surface area contributed by atoms with Gasteiger partial charge in [0.05, 0.1) is 6.54 Å². The average molecular weight is 273 g/mol. The van der Waals surface area contributed by atoms with Crippen molar-refractivity contribution in [3.8, 4) is 0 Å². The van der Waals surface area contributed by atoms with Crippen LogP contribution in [-0.4, -0.2) is 56.6 Å². The van der Waals surface area contributed by atoms with Gasteiger partial charge in [-0.05, 0) is 0 Å². The lowest BCUT2D eigenvalue weighted by Gasteiger charge is -2.26. The van der Waals surface area contributed by atoms with Gasteiger partial charge in [0.1, 0.15) is 0 Å². The molecule has 0 spiro atoms. The lowest BCUT2D eigenvalue weighted by molar-refractivity contribution is -0.121. The zero-order valence-corrected chi connectivity index (χ0v) is 10.7. The maximum atomic E-state index is 11.2. The molecule has 3 amide bonds. The fourth-order valence-corrected chi connectivity index (χ4v) is 1.30. The minimum atomic E-state index is -0.454. The van der Waals surface area contributed by atoms with Crippen molar-refractivity contribution >= 4 is 36.8 Å².